The van der Waals surface area contributed by atoms with E-state index in [2.05, 4.69) is 30.7 Å². The van der Waals surface area contributed by atoms with Gasteiger partial charge in [-0.25, -0.2) is 9.78 Å². The lowest BCUT2D eigenvalue weighted by atomic mass is 9.86. The van der Waals surface area contributed by atoms with Crippen LogP contribution in [-0.2, 0) is 17.8 Å². The predicted octanol–water partition coefficient (Wildman–Crippen LogP) is 5.44. The fraction of sp³-hybridized carbons (Fsp3) is 0.393. The molecule has 1 aliphatic carbocycles. The van der Waals surface area contributed by atoms with Crippen molar-refractivity contribution in [3.63, 3.8) is 0 Å². The lowest BCUT2D eigenvalue weighted by molar-refractivity contribution is -0.384. The Balaban J connectivity index is 1.29. The minimum atomic E-state index is -4.84. The number of nitrogens with one attached hydrogen (secondary N) is 3. The highest BCUT2D eigenvalue weighted by atomic mass is 19.4. The summed E-state index contributed by atoms with van der Waals surface area (Å²) in [4.78, 5) is 30.9. The Morgan fingerprint density at radius 3 is 2.55 bits per heavy atom. The Hall–Kier alpha value is -4.46. The van der Waals surface area contributed by atoms with E-state index in [0.29, 0.717) is 24.7 Å². The van der Waals surface area contributed by atoms with Crippen molar-refractivity contribution >= 4 is 23.4 Å². The molecule has 1 aromatic heterocycles. The average Bonchev–Trinajstić information content (AvgIpc) is 2.98. The van der Waals surface area contributed by atoms with Gasteiger partial charge in [0.15, 0.2) is 0 Å². The molecule has 4 rings (SSSR count). The van der Waals surface area contributed by atoms with E-state index in [4.69, 9.17) is 4.74 Å². The minimum Gasteiger partial charge on any atom is -0.465 e. The topological polar surface area (TPSA) is 141 Å². The Bertz CT molecular complexity index is 1380. The molecule has 1 aliphatic rings. The van der Waals surface area contributed by atoms with Gasteiger partial charge in [-0.2, -0.15) is 4.98 Å². The smallest absolute Gasteiger partial charge is 0.465 e. The summed E-state index contributed by atoms with van der Waals surface area (Å²) in [5, 5.41) is 21.0. The van der Waals surface area contributed by atoms with Crippen LogP contribution in [0.3, 0.4) is 0 Å². The van der Waals surface area contributed by atoms with Crippen LogP contribution in [0.15, 0.2) is 54.7 Å². The molecule has 0 atom stereocenters. The molecule has 1 fully saturated rings. The molecule has 0 amide bonds. The van der Waals surface area contributed by atoms with Gasteiger partial charge in [0.25, 0.3) is 0 Å². The summed E-state index contributed by atoms with van der Waals surface area (Å²) in [7, 11) is 1.35. The summed E-state index contributed by atoms with van der Waals surface area (Å²) in [5.41, 5.74) is 1.40. The maximum absolute atomic E-state index is 12.7. The number of anilines is 2. The standard InChI is InChI=1S/C28H31F3N6O5/c1-41-26(38)20-7-4-5-19(13-20)15-32-22-11-9-18(10-12-22)14-33-25-23(37(39)40)17-35-27(36-25)34-16-21-6-2-3-8-24(21)42-28(29,30)31/h2-8,13,17-18,22,32H,9-12,14-16H2,1H3,(H2,33,34,35,36)/t18-,22-. The Morgan fingerprint density at radius 1 is 1.07 bits per heavy atom. The fourth-order valence-corrected chi connectivity index (χ4v) is 4.77. The molecular formula is C28H31F3N6O5. The highest BCUT2D eigenvalue weighted by Gasteiger charge is 2.32. The molecule has 11 nitrogen and oxygen atoms in total. The lowest BCUT2D eigenvalue weighted by Crippen LogP contribution is -2.34. The van der Waals surface area contributed by atoms with Crippen LogP contribution < -0.4 is 20.7 Å². The summed E-state index contributed by atoms with van der Waals surface area (Å²) in [6.07, 6.45) is -0.155. The normalized spacial score (nSPS) is 16.9. The number of carbonyl (C=O) groups is 1. The van der Waals surface area contributed by atoms with Crippen LogP contribution in [0.1, 0.15) is 47.2 Å². The molecule has 0 aliphatic heterocycles. The molecule has 224 valence electrons. The molecule has 3 aromatic rings. The van der Waals surface area contributed by atoms with Crippen molar-refractivity contribution in [2.75, 3.05) is 24.3 Å². The zero-order valence-corrected chi connectivity index (χ0v) is 22.8. The van der Waals surface area contributed by atoms with Crippen LogP contribution in [0.2, 0.25) is 0 Å². The molecule has 42 heavy (non-hydrogen) atoms. The number of nitrogens with zero attached hydrogens (tertiary/aromatic N) is 3. The third kappa shape index (κ3) is 8.77. The molecular weight excluding hydrogens is 557 g/mol. The number of methoxy groups -OCH3 is 1. The number of benzene rings is 2. The molecule has 0 spiro atoms. The van der Waals surface area contributed by atoms with Gasteiger partial charge in [0.1, 0.15) is 11.9 Å². The van der Waals surface area contributed by atoms with Gasteiger partial charge >= 0.3 is 18.0 Å². The van der Waals surface area contributed by atoms with Gasteiger partial charge in [-0.15, -0.1) is 13.2 Å². The van der Waals surface area contributed by atoms with Gasteiger partial charge in [0, 0.05) is 31.2 Å². The van der Waals surface area contributed by atoms with Gasteiger partial charge < -0.3 is 25.4 Å². The average molecular weight is 589 g/mol. The van der Waals surface area contributed by atoms with E-state index < -0.39 is 11.3 Å². The number of aromatic nitrogens is 2. The second-order valence-electron chi connectivity index (χ2n) is 9.87. The van der Waals surface area contributed by atoms with Crippen LogP contribution in [-0.4, -0.2) is 46.9 Å². The van der Waals surface area contributed by atoms with E-state index in [0.717, 1.165) is 37.4 Å². The summed E-state index contributed by atoms with van der Waals surface area (Å²) in [6, 6.07) is 13.2. The molecule has 14 heteroatoms. The maximum atomic E-state index is 12.7. The van der Waals surface area contributed by atoms with Gasteiger partial charge in [-0.3, -0.25) is 10.1 Å². The molecule has 0 unspecified atom stereocenters. The third-order valence-electron chi connectivity index (χ3n) is 6.95. The highest BCUT2D eigenvalue weighted by molar-refractivity contribution is 5.89. The van der Waals surface area contributed by atoms with Crippen molar-refractivity contribution in [1.82, 2.24) is 15.3 Å². The third-order valence-corrected chi connectivity index (χ3v) is 6.95. The van der Waals surface area contributed by atoms with Crippen LogP contribution in [0.25, 0.3) is 0 Å². The van der Waals surface area contributed by atoms with Crippen molar-refractivity contribution in [3.05, 3.63) is 81.5 Å². The van der Waals surface area contributed by atoms with E-state index >= 15 is 0 Å². The van der Waals surface area contributed by atoms with E-state index in [1.165, 1.54) is 25.3 Å². The number of ether oxygens (including phenoxy) is 2. The largest absolute Gasteiger partial charge is 0.573 e. The molecule has 3 N–H and O–H groups in total. The SMILES string of the molecule is COC(=O)c1cccc(CN[C@H]2CC[C@H](CNc3nc(NCc4ccccc4OC(F)(F)F)ncc3[N+](=O)[O-])CC2)c1. The molecule has 0 bridgehead atoms. The number of halogens is 3. The first-order valence-corrected chi connectivity index (χ1v) is 13.3. The highest BCUT2D eigenvalue weighted by Crippen LogP contribution is 2.29. The zero-order chi connectivity index (χ0) is 30.1. The van der Waals surface area contributed by atoms with Crippen LogP contribution in [0.4, 0.5) is 30.6 Å². The molecule has 1 saturated carbocycles. The second kappa shape index (κ2) is 13.9. The Morgan fingerprint density at radius 2 is 1.83 bits per heavy atom. The van der Waals surface area contributed by atoms with Gasteiger partial charge in [0.2, 0.25) is 11.8 Å². The van der Waals surface area contributed by atoms with Gasteiger partial charge in [-0.1, -0.05) is 30.3 Å². The number of para-hydroxylation sites is 1. The number of rotatable bonds is 12. The quantitative estimate of drug-likeness (QED) is 0.142. The maximum Gasteiger partial charge on any atom is 0.573 e. The van der Waals surface area contributed by atoms with E-state index in [-0.39, 0.29) is 47.2 Å². The summed E-state index contributed by atoms with van der Waals surface area (Å²) >= 11 is 0. The number of hydrogen-bond acceptors (Lipinski definition) is 10. The number of carbonyl (C=O) groups excluding carboxylic acids is 1. The molecule has 1 heterocycles. The van der Waals surface area contributed by atoms with Crippen LogP contribution in [0.5, 0.6) is 5.75 Å². The van der Waals surface area contributed by atoms with E-state index in [9.17, 15) is 28.1 Å². The number of alkyl halides is 3. The zero-order valence-electron chi connectivity index (χ0n) is 22.8. The van der Waals surface area contributed by atoms with Gasteiger partial charge in [0.05, 0.1) is 17.6 Å². The fourth-order valence-electron chi connectivity index (χ4n) is 4.77. The Kier molecular flexibility index (Phi) is 10.1. The van der Waals surface area contributed by atoms with E-state index in [1.54, 1.807) is 18.2 Å². The first-order chi connectivity index (χ1) is 20.1. The van der Waals surface area contributed by atoms with Crippen LogP contribution in [0, 0.1) is 16.0 Å². The van der Waals surface area contributed by atoms with E-state index in [1.807, 2.05) is 12.1 Å². The second-order valence-corrected chi connectivity index (χ2v) is 9.87. The monoisotopic (exact) mass is 588 g/mol. The molecule has 2 aromatic carbocycles. The number of hydrogen-bond donors (Lipinski definition) is 3. The number of esters is 1. The van der Waals surface area contributed by atoms with Crippen molar-refractivity contribution < 1.29 is 32.4 Å². The van der Waals surface area contributed by atoms with Crippen molar-refractivity contribution in [2.45, 2.75) is 51.2 Å². The molecule has 0 radical (unpaired) electrons. The summed E-state index contributed by atoms with van der Waals surface area (Å²) in [5.74, 6) is -0.421. The van der Waals surface area contributed by atoms with Crippen LogP contribution >= 0.6 is 0 Å². The minimum absolute atomic E-state index is 0.0223. The van der Waals surface area contributed by atoms with Crippen molar-refractivity contribution in [2.24, 2.45) is 5.92 Å². The number of nitro groups is 1. The predicted molar refractivity (Wildman–Crippen MR) is 148 cm³/mol. The Labute approximate surface area is 240 Å². The first kappa shape index (κ1) is 30.5. The van der Waals surface area contributed by atoms with Crippen molar-refractivity contribution in [3.8, 4) is 5.75 Å². The van der Waals surface area contributed by atoms with Gasteiger partial charge in [-0.05, 0) is 55.4 Å². The lowest BCUT2D eigenvalue weighted by Gasteiger charge is -2.29. The summed E-state index contributed by atoms with van der Waals surface area (Å²) < 4.78 is 47.0. The van der Waals surface area contributed by atoms with Crippen molar-refractivity contribution in [1.29, 1.82) is 0 Å². The molecule has 0 saturated heterocycles. The summed E-state index contributed by atoms with van der Waals surface area (Å²) in [6.45, 7) is 0.995. The first-order valence-electron chi connectivity index (χ1n) is 13.3.